The van der Waals surface area contributed by atoms with Crippen molar-refractivity contribution in [2.24, 2.45) is 0 Å². The lowest BCUT2D eigenvalue weighted by atomic mass is 10.0. The van der Waals surface area contributed by atoms with Gasteiger partial charge in [-0.25, -0.2) is 4.98 Å². The van der Waals surface area contributed by atoms with Crippen molar-refractivity contribution < 1.29 is 9.90 Å². The van der Waals surface area contributed by atoms with Crippen molar-refractivity contribution >= 4 is 23.2 Å². The van der Waals surface area contributed by atoms with Crippen LogP contribution < -0.4 is 11.1 Å². The number of aliphatic hydroxyl groups excluding tert-OH is 1. The van der Waals surface area contributed by atoms with Crippen molar-refractivity contribution in [1.29, 1.82) is 0 Å². The summed E-state index contributed by atoms with van der Waals surface area (Å²) in [5, 5.41) is 11.7. The quantitative estimate of drug-likeness (QED) is 0.708. The lowest BCUT2D eigenvalue weighted by Crippen LogP contribution is -2.44. The fourth-order valence-corrected chi connectivity index (χ4v) is 1.53. The molecule has 1 rings (SSSR count). The van der Waals surface area contributed by atoms with Crippen LogP contribution in [0.3, 0.4) is 0 Å². The molecule has 0 saturated carbocycles. The third-order valence-corrected chi connectivity index (χ3v) is 2.59. The molecule has 17 heavy (non-hydrogen) atoms. The van der Waals surface area contributed by atoms with Gasteiger partial charge in [-0.1, -0.05) is 11.6 Å². The van der Waals surface area contributed by atoms with Gasteiger partial charge in [-0.2, -0.15) is 0 Å². The fraction of sp³-hybridized carbons (Fsp3) is 0.455. The van der Waals surface area contributed by atoms with E-state index >= 15 is 0 Å². The number of carbonyl (C=O) groups excluding carboxylic acids is 1. The molecule has 0 saturated heterocycles. The van der Waals surface area contributed by atoms with E-state index in [4.69, 9.17) is 22.4 Å². The molecule has 0 unspecified atom stereocenters. The van der Waals surface area contributed by atoms with Gasteiger partial charge in [-0.3, -0.25) is 4.79 Å². The number of hydrogen-bond donors (Lipinski definition) is 3. The summed E-state index contributed by atoms with van der Waals surface area (Å²) >= 11 is 5.82. The molecule has 0 radical (unpaired) electrons. The van der Waals surface area contributed by atoms with Crippen LogP contribution in [-0.4, -0.2) is 28.1 Å². The normalized spacial score (nSPS) is 11.3. The van der Waals surface area contributed by atoms with Crippen LogP contribution in [-0.2, 0) is 0 Å². The molecule has 0 aromatic carbocycles. The smallest absolute Gasteiger partial charge is 0.254 e. The second kappa shape index (κ2) is 5.33. The zero-order valence-electron chi connectivity index (χ0n) is 9.83. The number of anilines is 1. The first-order chi connectivity index (χ1) is 7.85. The highest BCUT2D eigenvalue weighted by molar-refractivity contribution is 6.32. The topological polar surface area (TPSA) is 88.2 Å². The van der Waals surface area contributed by atoms with E-state index in [1.807, 2.05) is 13.8 Å². The van der Waals surface area contributed by atoms with Gasteiger partial charge in [0.2, 0.25) is 0 Å². The SMILES string of the molecule is CC(C)(CCO)NC(=O)c1cc(N)cnc1Cl. The predicted octanol–water partition coefficient (Wildman–Crippen LogP) is 1.21. The van der Waals surface area contributed by atoms with E-state index in [9.17, 15) is 4.79 Å². The molecule has 0 atom stereocenters. The molecule has 6 heteroatoms. The third-order valence-electron chi connectivity index (χ3n) is 2.29. The Morgan fingerprint density at radius 2 is 2.29 bits per heavy atom. The second-order valence-corrected chi connectivity index (χ2v) is 4.78. The summed E-state index contributed by atoms with van der Waals surface area (Å²) in [6.45, 7) is 3.62. The zero-order valence-corrected chi connectivity index (χ0v) is 10.6. The molecule has 5 nitrogen and oxygen atoms in total. The van der Waals surface area contributed by atoms with E-state index in [1.165, 1.54) is 12.3 Å². The molecule has 0 aliphatic rings. The Morgan fingerprint density at radius 3 is 2.88 bits per heavy atom. The maximum atomic E-state index is 11.9. The number of amides is 1. The Kier molecular flexibility index (Phi) is 4.31. The van der Waals surface area contributed by atoms with Crippen LogP contribution in [0.15, 0.2) is 12.3 Å². The van der Waals surface area contributed by atoms with Crippen molar-refractivity contribution in [3.05, 3.63) is 23.0 Å². The highest BCUT2D eigenvalue weighted by Crippen LogP contribution is 2.17. The van der Waals surface area contributed by atoms with Gasteiger partial charge in [0.15, 0.2) is 0 Å². The average Bonchev–Trinajstić information content (AvgIpc) is 2.20. The zero-order chi connectivity index (χ0) is 13.1. The van der Waals surface area contributed by atoms with Gasteiger partial charge in [-0.05, 0) is 26.3 Å². The summed E-state index contributed by atoms with van der Waals surface area (Å²) in [6.07, 6.45) is 1.84. The minimum absolute atomic E-state index is 0.00378. The standard InChI is InChI=1S/C11H16ClN3O2/c1-11(2,3-4-16)15-10(17)8-5-7(13)6-14-9(8)12/h5-6,16H,3-4,13H2,1-2H3,(H,15,17). The molecule has 0 bridgehead atoms. The monoisotopic (exact) mass is 257 g/mol. The molecule has 1 amide bonds. The molecule has 4 N–H and O–H groups in total. The number of pyridine rings is 1. The maximum Gasteiger partial charge on any atom is 0.254 e. The number of carbonyl (C=O) groups is 1. The summed E-state index contributed by atoms with van der Waals surface area (Å²) in [5.74, 6) is -0.353. The predicted molar refractivity (Wildman–Crippen MR) is 66.9 cm³/mol. The summed E-state index contributed by atoms with van der Waals surface area (Å²) < 4.78 is 0. The number of nitrogen functional groups attached to an aromatic ring is 1. The van der Waals surface area contributed by atoms with E-state index in [2.05, 4.69) is 10.3 Å². The number of rotatable bonds is 4. The van der Waals surface area contributed by atoms with Crippen LogP contribution in [0.5, 0.6) is 0 Å². The van der Waals surface area contributed by atoms with Crippen LogP contribution in [0.4, 0.5) is 5.69 Å². The van der Waals surface area contributed by atoms with Gasteiger partial charge in [-0.15, -0.1) is 0 Å². The van der Waals surface area contributed by atoms with Crippen LogP contribution in [0.2, 0.25) is 5.15 Å². The highest BCUT2D eigenvalue weighted by Gasteiger charge is 2.22. The second-order valence-electron chi connectivity index (χ2n) is 4.42. The third kappa shape index (κ3) is 3.87. The van der Waals surface area contributed by atoms with E-state index < -0.39 is 5.54 Å². The van der Waals surface area contributed by atoms with E-state index in [0.717, 1.165) is 0 Å². The highest BCUT2D eigenvalue weighted by atomic mass is 35.5. The van der Waals surface area contributed by atoms with Crippen LogP contribution in [0, 0.1) is 0 Å². The molecule has 1 aromatic rings. The summed E-state index contributed by atoms with van der Waals surface area (Å²) in [4.78, 5) is 15.7. The van der Waals surface area contributed by atoms with Crippen molar-refractivity contribution in [2.45, 2.75) is 25.8 Å². The molecule has 1 heterocycles. The van der Waals surface area contributed by atoms with Crippen molar-refractivity contribution in [3.63, 3.8) is 0 Å². The first-order valence-corrected chi connectivity index (χ1v) is 5.58. The Morgan fingerprint density at radius 1 is 1.65 bits per heavy atom. The Bertz CT molecular complexity index is 421. The molecule has 94 valence electrons. The van der Waals surface area contributed by atoms with Crippen LogP contribution in [0.1, 0.15) is 30.6 Å². The molecule has 0 aliphatic carbocycles. The van der Waals surface area contributed by atoms with Crippen molar-refractivity contribution in [3.8, 4) is 0 Å². The summed E-state index contributed by atoms with van der Waals surface area (Å²) in [7, 11) is 0. The van der Waals surface area contributed by atoms with Gasteiger partial charge >= 0.3 is 0 Å². The van der Waals surface area contributed by atoms with Crippen LogP contribution >= 0.6 is 11.6 Å². The van der Waals surface area contributed by atoms with Gasteiger partial charge in [0.25, 0.3) is 5.91 Å². The maximum absolute atomic E-state index is 11.9. The number of nitrogens with one attached hydrogen (secondary N) is 1. The first kappa shape index (κ1) is 13.7. The number of halogens is 1. The Balaban J connectivity index is 2.86. The van der Waals surface area contributed by atoms with Crippen molar-refractivity contribution in [1.82, 2.24) is 10.3 Å². The number of aliphatic hydroxyl groups is 1. The Hall–Kier alpha value is -1.33. The average molecular weight is 258 g/mol. The molecule has 0 fully saturated rings. The Labute approximate surface area is 105 Å². The lowest BCUT2D eigenvalue weighted by molar-refractivity contribution is 0.0899. The molecular weight excluding hydrogens is 242 g/mol. The minimum Gasteiger partial charge on any atom is -0.397 e. The van der Waals surface area contributed by atoms with Gasteiger partial charge < -0.3 is 16.2 Å². The molecular formula is C11H16ClN3O2. The number of nitrogens with two attached hydrogens (primary N) is 1. The number of aromatic nitrogens is 1. The van der Waals surface area contributed by atoms with Crippen molar-refractivity contribution in [2.75, 3.05) is 12.3 Å². The largest absolute Gasteiger partial charge is 0.397 e. The van der Waals surface area contributed by atoms with Gasteiger partial charge in [0.1, 0.15) is 5.15 Å². The van der Waals surface area contributed by atoms with E-state index in [-0.39, 0.29) is 23.2 Å². The summed E-state index contributed by atoms with van der Waals surface area (Å²) in [6, 6.07) is 1.47. The fourth-order valence-electron chi connectivity index (χ4n) is 1.34. The number of hydrogen-bond acceptors (Lipinski definition) is 4. The number of nitrogens with zero attached hydrogens (tertiary/aromatic N) is 1. The summed E-state index contributed by atoms with van der Waals surface area (Å²) in [5.41, 5.74) is 5.64. The molecule has 0 spiro atoms. The van der Waals surface area contributed by atoms with Gasteiger partial charge in [0.05, 0.1) is 17.4 Å². The first-order valence-electron chi connectivity index (χ1n) is 5.20. The van der Waals surface area contributed by atoms with Gasteiger partial charge in [0, 0.05) is 12.1 Å². The molecule has 0 aliphatic heterocycles. The van der Waals surface area contributed by atoms with E-state index in [1.54, 1.807) is 0 Å². The molecule has 1 aromatic heterocycles. The van der Waals surface area contributed by atoms with E-state index in [0.29, 0.717) is 12.1 Å². The minimum atomic E-state index is -0.514. The van der Waals surface area contributed by atoms with Crippen LogP contribution in [0.25, 0.3) is 0 Å². The lowest BCUT2D eigenvalue weighted by Gasteiger charge is -2.25.